The van der Waals surface area contributed by atoms with E-state index >= 15 is 0 Å². The van der Waals surface area contributed by atoms with Crippen LogP contribution in [0, 0.1) is 11.8 Å². The zero-order valence-corrected chi connectivity index (χ0v) is 11.5. The Labute approximate surface area is 105 Å². The number of nitrogens with zero attached hydrogens (tertiary/aromatic N) is 2. The Balaban J connectivity index is 2.94. The minimum Gasteiger partial charge on any atom is -0.370 e. The molecule has 1 rings (SSSR count). The van der Waals surface area contributed by atoms with Crippen molar-refractivity contribution in [1.29, 1.82) is 0 Å². The molecule has 3 heteroatoms. The molecule has 0 amide bonds. The van der Waals surface area contributed by atoms with Gasteiger partial charge in [0.15, 0.2) is 0 Å². The van der Waals surface area contributed by atoms with Crippen LogP contribution in [0.3, 0.4) is 0 Å². The summed E-state index contributed by atoms with van der Waals surface area (Å²) in [5.41, 5.74) is 8.17. The van der Waals surface area contributed by atoms with Crippen molar-refractivity contribution in [3.63, 3.8) is 0 Å². The summed E-state index contributed by atoms with van der Waals surface area (Å²) in [6.07, 6.45) is 3.75. The second kappa shape index (κ2) is 6.60. The second-order valence-corrected chi connectivity index (χ2v) is 5.40. The summed E-state index contributed by atoms with van der Waals surface area (Å²) in [6, 6.07) is 2.02. The maximum Gasteiger partial charge on any atom is 0.0598 e. The van der Waals surface area contributed by atoms with Gasteiger partial charge in [0.05, 0.1) is 11.9 Å². The Kier molecular flexibility index (Phi) is 5.42. The van der Waals surface area contributed by atoms with Crippen LogP contribution in [0.15, 0.2) is 18.5 Å². The van der Waals surface area contributed by atoms with Crippen molar-refractivity contribution in [2.45, 2.75) is 34.2 Å². The molecule has 0 atom stereocenters. The molecule has 1 aromatic heterocycles. The molecule has 0 bridgehead atoms. The molecule has 0 aromatic carbocycles. The lowest BCUT2D eigenvalue weighted by atomic mass is 10.1. The Morgan fingerprint density at radius 1 is 1.18 bits per heavy atom. The molecule has 0 saturated carbocycles. The van der Waals surface area contributed by atoms with Crippen molar-refractivity contribution >= 4 is 5.69 Å². The van der Waals surface area contributed by atoms with Crippen LogP contribution in [0.2, 0.25) is 0 Å². The summed E-state index contributed by atoms with van der Waals surface area (Å²) in [6.45, 7) is 11.6. The van der Waals surface area contributed by atoms with E-state index in [-0.39, 0.29) is 0 Å². The van der Waals surface area contributed by atoms with E-state index in [1.165, 1.54) is 11.3 Å². The molecule has 17 heavy (non-hydrogen) atoms. The molecule has 0 radical (unpaired) electrons. The van der Waals surface area contributed by atoms with Gasteiger partial charge in [-0.1, -0.05) is 27.7 Å². The summed E-state index contributed by atoms with van der Waals surface area (Å²) in [7, 11) is 0. The van der Waals surface area contributed by atoms with Gasteiger partial charge in [-0.3, -0.25) is 4.98 Å². The first kappa shape index (κ1) is 14.0. The van der Waals surface area contributed by atoms with Crippen molar-refractivity contribution in [1.82, 2.24) is 4.98 Å². The highest BCUT2D eigenvalue weighted by Gasteiger charge is 2.13. The average Bonchev–Trinajstić information content (AvgIpc) is 2.27. The van der Waals surface area contributed by atoms with Gasteiger partial charge in [-0.05, 0) is 23.5 Å². The quantitative estimate of drug-likeness (QED) is 0.824. The largest absolute Gasteiger partial charge is 0.370 e. The van der Waals surface area contributed by atoms with Gasteiger partial charge in [0, 0.05) is 25.8 Å². The Morgan fingerprint density at radius 2 is 1.76 bits per heavy atom. The molecule has 0 fully saturated rings. The molecule has 0 aliphatic rings. The molecule has 96 valence electrons. The van der Waals surface area contributed by atoms with Crippen LogP contribution < -0.4 is 10.6 Å². The maximum absolute atomic E-state index is 5.80. The topological polar surface area (TPSA) is 42.2 Å². The molecule has 0 unspecified atom stereocenters. The third-order valence-corrected chi connectivity index (χ3v) is 2.62. The Morgan fingerprint density at radius 3 is 2.24 bits per heavy atom. The standard InChI is InChI=1S/C14H25N3/c1-11(2)9-17(10-12(3)4)14-8-16-6-5-13(14)7-15/h5-6,8,11-12H,7,9-10,15H2,1-4H3. The molecular weight excluding hydrogens is 210 g/mol. The van der Waals surface area contributed by atoms with Crippen LogP contribution in [0.1, 0.15) is 33.3 Å². The molecular formula is C14H25N3. The van der Waals surface area contributed by atoms with Crippen LogP contribution in [-0.4, -0.2) is 18.1 Å². The van der Waals surface area contributed by atoms with E-state index in [0.29, 0.717) is 18.4 Å². The molecule has 0 aliphatic heterocycles. The monoisotopic (exact) mass is 235 g/mol. The van der Waals surface area contributed by atoms with Gasteiger partial charge in [0.2, 0.25) is 0 Å². The lowest BCUT2D eigenvalue weighted by molar-refractivity contribution is 0.551. The first-order valence-corrected chi connectivity index (χ1v) is 6.42. The van der Waals surface area contributed by atoms with Crippen LogP contribution in [0.4, 0.5) is 5.69 Å². The van der Waals surface area contributed by atoms with Crippen LogP contribution in [0.25, 0.3) is 0 Å². The van der Waals surface area contributed by atoms with Crippen LogP contribution >= 0.6 is 0 Å². The van der Waals surface area contributed by atoms with E-state index in [1.807, 2.05) is 18.5 Å². The van der Waals surface area contributed by atoms with Crippen molar-refractivity contribution in [3.8, 4) is 0 Å². The number of pyridine rings is 1. The first-order chi connectivity index (χ1) is 8.04. The summed E-state index contributed by atoms with van der Waals surface area (Å²) < 4.78 is 0. The predicted octanol–water partition coefficient (Wildman–Crippen LogP) is 2.66. The van der Waals surface area contributed by atoms with E-state index in [0.717, 1.165) is 13.1 Å². The molecule has 2 N–H and O–H groups in total. The van der Waals surface area contributed by atoms with Gasteiger partial charge in [0.1, 0.15) is 0 Å². The molecule has 0 saturated heterocycles. The highest BCUT2D eigenvalue weighted by Crippen LogP contribution is 2.21. The molecule has 3 nitrogen and oxygen atoms in total. The summed E-state index contributed by atoms with van der Waals surface area (Å²) >= 11 is 0. The minimum absolute atomic E-state index is 0.574. The van der Waals surface area contributed by atoms with Gasteiger partial charge in [-0.25, -0.2) is 0 Å². The fourth-order valence-corrected chi connectivity index (χ4v) is 2.03. The Hall–Kier alpha value is -1.09. The van der Waals surface area contributed by atoms with Gasteiger partial charge in [-0.15, -0.1) is 0 Å². The van der Waals surface area contributed by atoms with Gasteiger partial charge >= 0.3 is 0 Å². The van der Waals surface area contributed by atoms with E-state index < -0.39 is 0 Å². The third-order valence-electron chi connectivity index (χ3n) is 2.62. The fourth-order valence-electron chi connectivity index (χ4n) is 2.03. The van der Waals surface area contributed by atoms with Crippen LogP contribution in [-0.2, 0) is 6.54 Å². The summed E-state index contributed by atoms with van der Waals surface area (Å²) in [4.78, 5) is 6.64. The third kappa shape index (κ3) is 4.35. The number of hydrogen-bond acceptors (Lipinski definition) is 3. The number of nitrogens with two attached hydrogens (primary N) is 1. The van der Waals surface area contributed by atoms with Crippen LogP contribution in [0.5, 0.6) is 0 Å². The molecule has 1 heterocycles. The average molecular weight is 235 g/mol. The number of rotatable bonds is 6. The first-order valence-electron chi connectivity index (χ1n) is 6.42. The lowest BCUT2D eigenvalue weighted by Crippen LogP contribution is -2.32. The highest BCUT2D eigenvalue weighted by atomic mass is 15.1. The summed E-state index contributed by atoms with van der Waals surface area (Å²) in [5.74, 6) is 1.28. The zero-order valence-electron chi connectivity index (χ0n) is 11.5. The lowest BCUT2D eigenvalue weighted by Gasteiger charge is -2.29. The zero-order chi connectivity index (χ0) is 12.8. The molecule has 1 aromatic rings. The normalized spacial score (nSPS) is 11.2. The van der Waals surface area contributed by atoms with Crippen molar-refractivity contribution < 1.29 is 0 Å². The van der Waals surface area contributed by atoms with Gasteiger partial charge < -0.3 is 10.6 Å². The smallest absolute Gasteiger partial charge is 0.0598 e. The SMILES string of the molecule is CC(C)CN(CC(C)C)c1cnccc1CN. The number of aromatic nitrogens is 1. The van der Waals surface area contributed by atoms with Crippen molar-refractivity contribution in [2.24, 2.45) is 17.6 Å². The van der Waals surface area contributed by atoms with Crippen molar-refractivity contribution in [2.75, 3.05) is 18.0 Å². The van der Waals surface area contributed by atoms with E-state index in [4.69, 9.17) is 5.73 Å². The second-order valence-electron chi connectivity index (χ2n) is 5.40. The van der Waals surface area contributed by atoms with Gasteiger partial charge in [-0.2, -0.15) is 0 Å². The maximum atomic E-state index is 5.80. The fraction of sp³-hybridized carbons (Fsp3) is 0.643. The number of anilines is 1. The highest BCUT2D eigenvalue weighted by molar-refractivity contribution is 5.51. The predicted molar refractivity (Wildman–Crippen MR) is 74.0 cm³/mol. The van der Waals surface area contributed by atoms with Crippen molar-refractivity contribution in [3.05, 3.63) is 24.0 Å². The minimum atomic E-state index is 0.574. The summed E-state index contributed by atoms with van der Waals surface area (Å²) in [5, 5.41) is 0. The Bertz CT molecular complexity index is 324. The van der Waals surface area contributed by atoms with E-state index in [9.17, 15) is 0 Å². The molecule has 0 spiro atoms. The van der Waals surface area contributed by atoms with Gasteiger partial charge in [0.25, 0.3) is 0 Å². The molecule has 0 aliphatic carbocycles. The number of hydrogen-bond donors (Lipinski definition) is 1. The van der Waals surface area contributed by atoms with E-state index in [1.54, 1.807) is 0 Å². The van der Waals surface area contributed by atoms with E-state index in [2.05, 4.69) is 37.6 Å².